The van der Waals surface area contributed by atoms with Gasteiger partial charge in [-0.3, -0.25) is 4.79 Å². The normalized spacial score (nSPS) is 15.2. The van der Waals surface area contributed by atoms with Gasteiger partial charge in [0.25, 0.3) is 0 Å². The molecule has 3 atom stereocenters. The molecule has 0 saturated carbocycles. The molecule has 0 aliphatic carbocycles. The van der Waals surface area contributed by atoms with Gasteiger partial charge in [0, 0.05) is 24.3 Å². The number of aliphatic hydroxyl groups is 1. The molecular formula is C21H35FN2O2S. The minimum absolute atomic E-state index is 0.123. The SMILES string of the molecule is CCSCCNC(=O)[C@H](CCC(C)(C)F)C[C@H](O)[C@@H](N)Cc1ccccc1. The molecule has 0 aliphatic heterocycles. The summed E-state index contributed by atoms with van der Waals surface area (Å²) in [5.74, 6) is 1.28. The van der Waals surface area contributed by atoms with Gasteiger partial charge in [-0.25, -0.2) is 4.39 Å². The highest BCUT2D eigenvalue weighted by molar-refractivity contribution is 7.99. The van der Waals surface area contributed by atoms with Crippen molar-refractivity contribution in [2.45, 2.75) is 64.3 Å². The summed E-state index contributed by atoms with van der Waals surface area (Å²) in [5.41, 5.74) is 5.87. The zero-order chi connectivity index (χ0) is 20.3. The van der Waals surface area contributed by atoms with Crippen molar-refractivity contribution in [3.63, 3.8) is 0 Å². The second-order valence-electron chi connectivity index (χ2n) is 7.60. The molecule has 4 nitrogen and oxygen atoms in total. The standard InChI is InChI=1S/C21H35FN2O2S/c1-4-27-13-12-24-20(26)17(10-11-21(2,3)22)15-19(25)18(23)14-16-8-6-5-7-9-16/h5-9,17-19,25H,4,10-15,23H2,1-3H3,(H,24,26)/t17-,18+,19+/m1/s1. The minimum Gasteiger partial charge on any atom is -0.391 e. The summed E-state index contributed by atoms with van der Waals surface area (Å²) >= 11 is 1.76. The molecule has 0 unspecified atom stereocenters. The lowest BCUT2D eigenvalue weighted by molar-refractivity contribution is -0.126. The van der Waals surface area contributed by atoms with Gasteiger partial charge in [0.1, 0.15) is 5.67 Å². The van der Waals surface area contributed by atoms with Crippen LogP contribution in [0.1, 0.15) is 45.6 Å². The molecule has 1 amide bonds. The van der Waals surface area contributed by atoms with Gasteiger partial charge in [-0.1, -0.05) is 37.3 Å². The molecule has 1 aromatic carbocycles. The number of alkyl halides is 1. The Morgan fingerprint density at radius 1 is 1.33 bits per heavy atom. The lowest BCUT2D eigenvalue weighted by Crippen LogP contribution is -2.41. The van der Waals surface area contributed by atoms with Gasteiger partial charge in [-0.15, -0.1) is 0 Å². The monoisotopic (exact) mass is 398 g/mol. The fraction of sp³-hybridized carbons (Fsp3) is 0.667. The van der Waals surface area contributed by atoms with Crippen LogP contribution >= 0.6 is 11.8 Å². The van der Waals surface area contributed by atoms with Crippen LogP contribution in [0.25, 0.3) is 0 Å². The van der Waals surface area contributed by atoms with E-state index in [2.05, 4.69) is 12.2 Å². The number of aliphatic hydroxyl groups excluding tert-OH is 1. The van der Waals surface area contributed by atoms with Crippen molar-refractivity contribution in [3.05, 3.63) is 35.9 Å². The number of carbonyl (C=O) groups excluding carboxylic acids is 1. The summed E-state index contributed by atoms with van der Waals surface area (Å²) in [7, 11) is 0. The quantitative estimate of drug-likeness (QED) is 0.446. The van der Waals surface area contributed by atoms with Crippen molar-refractivity contribution in [1.82, 2.24) is 5.32 Å². The zero-order valence-electron chi connectivity index (χ0n) is 16.8. The first kappa shape index (κ1) is 23.9. The van der Waals surface area contributed by atoms with Gasteiger partial charge in [-0.05, 0) is 50.8 Å². The smallest absolute Gasteiger partial charge is 0.223 e. The van der Waals surface area contributed by atoms with Crippen molar-refractivity contribution < 1.29 is 14.3 Å². The third-order valence-corrected chi connectivity index (χ3v) is 5.44. The van der Waals surface area contributed by atoms with Crippen LogP contribution in [0.2, 0.25) is 0 Å². The summed E-state index contributed by atoms with van der Waals surface area (Å²) in [4.78, 5) is 12.5. The van der Waals surface area contributed by atoms with Crippen LogP contribution in [0.4, 0.5) is 4.39 Å². The largest absolute Gasteiger partial charge is 0.391 e. The number of benzene rings is 1. The van der Waals surface area contributed by atoms with E-state index in [1.807, 2.05) is 30.3 Å². The molecule has 154 valence electrons. The van der Waals surface area contributed by atoms with Gasteiger partial charge in [0.2, 0.25) is 5.91 Å². The Labute approximate surface area is 167 Å². The number of carbonyl (C=O) groups is 1. The Bertz CT molecular complexity index is 537. The van der Waals surface area contributed by atoms with Crippen molar-refractivity contribution in [1.29, 1.82) is 0 Å². The van der Waals surface area contributed by atoms with E-state index in [9.17, 15) is 14.3 Å². The Morgan fingerprint density at radius 2 is 2.00 bits per heavy atom. The summed E-state index contributed by atoms with van der Waals surface area (Å²) in [6.45, 7) is 5.68. The molecule has 1 rings (SSSR count). The van der Waals surface area contributed by atoms with Crippen LogP contribution < -0.4 is 11.1 Å². The van der Waals surface area contributed by atoms with Crippen LogP contribution in [-0.4, -0.2) is 46.9 Å². The maximum Gasteiger partial charge on any atom is 0.223 e. The average molecular weight is 399 g/mol. The Balaban J connectivity index is 2.62. The average Bonchev–Trinajstić information content (AvgIpc) is 2.61. The second kappa shape index (κ2) is 12.4. The predicted molar refractivity (Wildman–Crippen MR) is 113 cm³/mol. The molecule has 0 fully saturated rings. The van der Waals surface area contributed by atoms with E-state index in [1.54, 1.807) is 11.8 Å². The van der Waals surface area contributed by atoms with Gasteiger partial charge in [-0.2, -0.15) is 11.8 Å². The number of rotatable bonds is 13. The summed E-state index contributed by atoms with van der Waals surface area (Å²) in [6, 6.07) is 9.27. The predicted octanol–water partition coefficient (Wildman–Crippen LogP) is 3.32. The molecular weight excluding hydrogens is 363 g/mol. The third kappa shape index (κ3) is 10.7. The lowest BCUT2D eigenvalue weighted by Gasteiger charge is -2.25. The van der Waals surface area contributed by atoms with E-state index in [0.717, 1.165) is 17.1 Å². The van der Waals surface area contributed by atoms with E-state index in [1.165, 1.54) is 13.8 Å². The van der Waals surface area contributed by atoms with Crippen LogP contribution in [0, 0.1) is 5.92 Å². The number of nitrogens with one attached hydrogen (secondary N) is 1. The van der Waals surface area contributed by atoms with Crippen LogP contribution in [0.3, 0.4) is 0 Å². The number of amides is 1. The second-order valence-corrected chi connectivity index (χ2v) is 8.99. The highest BCUT2D eigenvalue weighted by Crippen LogP contribution is 2.24. The number of halogens is 1. The van der Waals surface area contributed by atoms with Gasteiger partial charge in [0.05, 0.1) is 6.10 Å². The maximum absolute atomic E-state index is 13.9. The molecule has 27 heavy (non-hydrogen) atoms. The van der Waals surface area contributed by atoms with Gasteiger partial charge in [0.15, 0.2) is 0 Å². The Kier molecular flexibility index (Phi) is 11.0. The summed E-state index contributed by atoms with van der Waals surface area (Å²) < 4.78 is 13.9. The fourth-order valence-electron chi connectivity index (χ4n) is 2.90. The van der Waals surface area contributed by atoms with Crippen molar-refractivity contribution in [2.75, 3.05) is 18.1 Å². The highest BCUT2D eigenvalue weighted by atomic mass is 32.2. The van der Waals surface area contributed by atoms with E-state index >= 15 is 0 Å². The Morgan fingerprint density at radius 3 is 2.59 bits per heavy atom. The van der Waals surface area contributed by atoms with E-state index < -0.39 is 23.7 Å². The molecule has 0 aromatic heterocycles. The van der Waals surface area contributed by atoms with Gasteiger partial charge < -0.3 is 16.2 Å². The van der Waals surface area contributed by atoms with E-state index in [-0.39, 0.29) is 18.7 Å². The maximum atomic E-state index is 13.9. The highest BCUT2D eigenvalue weighted by Gasteiger charge is 2.28. The Hall–Kier alpha value is -1.11. The zero-order valence-corrected chi connectivity index (χ0v) is 17.6. The van der Waals surface area contributed by atoms with E-state index in [4.69, 9.17) is 5.73 Å². The van der Waals surface area contributed by atoms with Crippen LogP contribution in [0.15, 0.2) is 30.3 Å². The van der Waals surface area contributed by atoms with Crippen molar-refractivity contribution >= 4 is 17.7 Å². The fourth-order valence-corrected chi connectivity index (χ4v) is 3.43. The van der Waals surface area contributed by atoms with Crippen molar-refractivity contribution in [3.8, 4) is 0 Å². The topological polar surface area (TPSA) is 75.3 Å². The number of thioether (sulfide) groups is 1. The van der Waals surface area contributed by atoms with E-state index in [0.29, 0.717) is 19.4 Å². The van der Waals surface area contributed by atoms with Crippen molar-refractivity contribution in [2.24, 2.45) is 11.7 Å². The lowest BCUT2D eigenvalue weighted by atomic mass is 9.88. The molecule has 0 spiro atoms. The molecule has 4 N–H and O–H groups in total. The molecule has 0 aliphatic rings. The molecule has 0 radical (unpaired) electrons. The molecule has 0 bridgehead atoms. The molecule has 0 heterocycles. The number of hydrogen-bond donors (Lipinski definition) is 3. The first-order valence-electron chi connectivity index (χ1n) is 9.75. The summed E-state index contributed by atoms with van der Waals surface area (Å²) in [5, 5.41) is 13.4. The number of nitrogens with two attached hydrogens (primary N) is 1. The molecule has 1 aromatic rings. The summed E-state index contributed by atoms with van der Waals surface area (Å²) in [6.07, 6.45) is 0.643. The van der Waals surface area contributed by atoms with Crippen LogP contribution in [0.5, 0.6) is 0 Å². The number of hydrogen-bond acceptors (Lipinski definition) is 4. The van der Waals surface area contributed by atoms with Crippen LogP contribution in [-0.2, 0) is 11.2 Å². The molecule has 6 heteroatoms. The minimum atomic E-state index is -1.34. The van der Waals surface area contributed by atoms with Gasteiger partial charge >= 0.3 is 0 Å². The third-order valence-electron chi connectivity index (χ3n) is 4.54. The molecule has 0 saturated heterocycles. The first-order chi connectivity index (χ1) is 12.7. The first-order valence-corrected chi connectivity index (χ1v) is 10.9.